The maximum absolute atomic E-state index is 10.3. The van der Waals surface area contributed by atoms with Crippen LogP contribution >= 0.6 is 0 Å². The van der Waals surface area contributed by atoms with Crippen molar-refractivity contribution in [3.05, 3.63) is 48.2 Å². The van der Waals surface area contributed by atoms with E-state index in [9.17, 15) is 4.79 Å². The van der Waals surface area contributed by atoms with E-state index in [4.69, 9.17) is 5.11 Å². The molecule has 4 heteroatoms. The predicted molar refractivity (Wildman–Crippen MR) is 65.3 cm³/mol. The van der Waals surface area contributed by atoms with Gasteiger partial charge in [-0.05, 0) is 17.2 Å². The summed E-state index contributed by atoms with van der Waals surface area (Å²) in [5, 5.41) is 15.3. The van der Waals surface area contributed by atoms with E-state index < -0.39 is 5.97 Å². The van der Waals surface area contributed by atoms with E-state index in [1.54, 1.807) is 18.3 Å². The van der Waals surface area contributed by atoms with Crippen LogP contribution in [0.25, 0.3) is 17.3 Å². The molecule has 0 unspecified atom stereocenters. The number of nitrogens with zero attached hydrogens (tertiary/aromatic N) is 1. The lowest BCUT2D eigenvalue weighted by Crippen LogP contribution is -1.89. The zero-order valence-electron chi connectivity index (χ0n) is 9.13. The number of hydrogen-bond donors (Lipinski definition) is 2. The van der Waals surface area contributed by atoms with Crippen LogP contribution in [0.1, 0.15) is 12.0 Å². The van der Waals surface area contributed by atoms with Gasteiger partial charge in [0.25, 0.3) is 0 Å². The van der Waals surface area contributed by atoms with Gasteiger partial charge in [-0.25, -0.2) is 0 Å². The van der Waals surface area contributed by atoms with Gasteiger partial charge in [-0.15, -0.1) is 0 Å². The summed E-state index contributed by atoms with van der Waals surface area (Å²) in [5.41, 5.74) is 3.00. The highest BCUT2D eigenvalue weighted by molar-refractivity contribution is 5.70. The van der Waals surface area contributed by atoms with E-state index in [0.29, 0.717) is 0 Å². The maximum atomic E-state index is 10.3. The molecule has 0 spiro atoms. The summed E-state index contributed by atoms with van der Waals surface area (Å²) in [6, 6.07) is 9.71. The molecule has 0 aliphatic heterocycles. The number of H-pyrrole nitrogens is 1. The number of aromatic nitrogens is 2. The van der Waals surface area contributed by atoms with Crippen molar-refractivity contribution in [1.82, 2.24) is 10.2 Å². The van der Waals surface area contributed by atoms with Crippen LogP contribution in [0.5, 0.6) is 0 Å². The molecule has 1 aromatic carbocycles. The van der Waals surface area contributed by atoms with E-state index in [0.717, 1.165) is 16.8 Å². The second kappa shape index (κ2) is 5.12. The van der Waals surface area contributed by atoms with Crippen LogP contribution in [0.4, 0.5) is 0 Å². The fourth-order valence-corrected chi connectivity index (χ4v) is 1.49. The summed E-state index contributed by atoms with van der Waals surface area (Å²) in [6.45, 7) is 0. The van der Waals surface area contributed by atoms with Crippen molar-refractivity contribution in [2.24, 2.45) is 0 Å². The first-order chi connectivity index (χ1) is 8.25. The fraction of sp³-hybridized carbons (Fsp3) is 0.0769. The first-order valence-corrected chi connectivity index (χ1v) is 5.24. The van der Waals surface area contributed by atoms with Crippen LogP contribution in [-0.2, 0) is 4.79 Å². The normalized spacial score (nSPS) is 10.8. The number of carboxylic acids is 1. The van der Waals surface area contributed by atoms with Crippen molar-refractivity contribution in [2.45, 2.75) is 6.42 Å². The van der Waals surface area contributed by atoms with Gasteiger partial charge in [0.15, 0.2) is 0 Å². The van der Waals surface area contributed by atoms with Crippen LogP contribution in [0.2, 0.25) is 0 Å². The molecule has 4 nitrogen and oxygen atoms in total. The third-order valence-electron chi connectivity index (χ3n) is 2.33. The molecule has 0 saturated carbocycles. The molecular formula is C13H12N2O2. The average molecular weight is 228 g/mol. The van der Waals surface area contributed by atoms with Gasteiger partial charge in [0.2, 0.25) is 0 Å². The Morgan fingerprint density at radius 2 is 2.06 bits per heavy atom. The van der Waals surface area contributed by atoms with Gasteiger partial charge in [-0.2, -0.15) is 5.10 Å². The minimum atomic E-state index is -0.824. The zero-order chi connectivity index (χ0) is 12.1. The Bertz CT molecular complexity index is 513. The molecule has 2 N–H and O–H groups in total. The zero-order valence-corrected chi connectivity index (χ0v) is 9.13. The van der Waals surface area contributed by atoms with Gasteiger partial charge in [-0.3, -0.25) is 9.89 Å². The summed E-state index contributed by atoms with van der Waals surface area (Å²) >= 11 is 0. The number of rotatable bonds is 4. The van der Waals surface area contributed by atoms with Gasteiger partial charge in [0, 0.05) is 6.20 Å². The standard InChI is InChI=1S/C13H12N2O2/c16-13(17)3-1-2-10-4-6-11(7-5-10)12-8-9-14-15-12/h1-2,4-9H,3H2,(H,14,15)(H,16,17). The number of aromatic amines is 1. The molecule has 1 aromatic heterocycles. The molecule has 0 radical (unpaired) electrons. The topological polar surface area (TPSA) is 66.0 Å². The fourth-order valence-electron chi connectivity index (χ4n) is 1.49. The lowest BCUT2D eigenvalue weighted by atomic mass is 10.1. The van der Waals surface area contributed by atoms with Crippen molar-refractivity contribution in [3.8, 4) is 11.3 Å². The number of benzene rings is 1. The van der Waals surface area contributed by atoms with E-state index in [1.807, 2.05) is 30.3 Å². The summed E-state index contributed by atoms with van der Waals surface area (Å²) in [5.74, 6) is -0.824. The summed E-state index contributed by atoms with van der Waals surface area (Å²) in [7, 11) is 0. The molecule has 0 bridgehead atoms. The van der Waals surface area contributed by atoms with Gasteiger partial charge >= 0.3 is 5.97 Å². The Morgan fingerprint density at radius 3 is 2.65 bits per heavy atom. The van der Waals surface area contributed by atoms with Gasteiger partial charge < -0.3 is 5.11 Å². The van der Waals surface area contributed by atoms with Crippen molar-refractivity contribution < 1.29 is 9.90 Å². The van der Waals surface area contributed by atoms with Crippen molar-refractivity contribution in [1.29, 1.82) is 0 Å². The largest absolute Gasteiger partial charge is 0.481 e. The smallest absolute Gasteiger partial charge is 0.307 e. The molecule has 2 rings (SSSR count). The van der Waals surface area contributed by atoms with E-state index in [2.05, 4.69) is 10.2 Å². The highest BCUT2D eigenvalue weighted by atomic mass is 16.4. The monoisotopic (exact) mass is 228 g/mol. The number of aliphatic carboxylic acids is 1. The highest BCUT2D eigenvalue weighted by Gasteiger charge is 1.97. The van der Waals surface area contributed by atoms with Crippen molar-refractivity contribution in [3.63, 3.8) is 0 Å². The summed E-state index contributed by atoms with van der Waals surface area (Å²) in [4.78, 5) is 10.3. The molecule has 2 aromatic rings. The van der Waals surface area contributed by atoms with Gasteiger partial charge in [0.1, 0.15) is 0 Å². The van der Waals surface area contributed by atoms with E-state index >= 15 is 0 Å². The second-order valence-corrected chi connectivity index (χ2v) is 3.59. The summed E-state index contributed by atoms with van der Waals surface area (Å²) in [6.07, 6.45) is 5.18. The Morgan fingerprint density at radius 1 is 1.29 bits per heavy atom. The maximum Gasteiger partial charge on any atom is 0.307 e. The molecule has 0 amide bonds. The first kappa shape index (κ1) is 11.1. The molecule has 0 aliphatic rings. The van der Waals surface area contributed by atoms with E-state index in [-0.39, 0.29) is 6.42 Å². The van der Waals surface area contributed by atoms with Crippen LogP contribution in [-0.4, -0.2) is 21.3 Å². The van der Waals surface area contributed by atoms with Gasteiger partial charge in [-0.1, -0.05) is 36.4 Å². The van der Waals surface area contributed by atoms with Crippen molar-refractivity contribution in [2.75, 3.05) is 0 Å². The Kier molecular flexibility index (Phi) is 3.35. The number of hydrogen-bond acceptors (Lipinski definition) is 2. The predicted octanol–water partition coefficient (Wildman–Crippen LogP) is 2.56. The molecule has 0 atom stereocenters. The lowest BCUT2D eigenvalue weighted by Gasteiger charge is -1.98. The third kappa shape index (κ3) is 3.04. The molecule has 0 saturated heterocycles. The quantitative estimate of drug-likeness (QED) is 0.845. The molecule has 0 aliphatic carbocycles. The third-order valence-corrected chi connectivity index (χ3v) is 2.33. The van der Waals surface area contributed by atoms with Crippen LogP contribution in [0.15, 0.2) is 42.6 Å². The highest BCUT2D eigenvalue weighted by Crippen LogP contribution is 2.17. The van der Waals surface area contributed by atoms with Crippen molar-refractivity contribution >= 4 is 12.0 Å². The Hall–Kier alpha value is -2.36. The SMILES string of the molecule is O=C(O)CC=Cc1ccc(-c2ccn[nH]2)cc1. The molecule has 1 heterocycles. The van der Waals surface area contributed by atoms with Gasteiger partial charge in [0.05, 0.1) is 12.1 Å². The van der Waals surface area contributed by atoms with Crippen LogP contribution in [0.3, 0.4) is 0 Å². The van der Waals surface area contributed by atoms with Crippen LogP contribution in [0, 0.1) is 0 Å². The minimum absolute atomic E-state index is 0.0439. The number of nitrogens with one attached hydrogen (secondary N) is 1. The minimum Gasteiger partial charge on any atom is -0.481 e. The molecule has 86 valence electrons. The second-order valence-electron chi connectivity index (χ2n) is 3.59. The number of carboxylic acid groups (broad SMARTS) is 1. The molecular weight excluding hydrogens is 216 g/mol. The van der Waals surface area contributed by atoms with E-state index in [1.165, 1.54) is 0 Å². The summed E-state index contributed by atoms with van der Waals surface area (Å²) < 4.78 is 0. The molecule has 17 heavy (non-hydrogen) atoms. The Balaban J connectivity index is 2.08. The lowest BCUT2D eigenvalue weighted by molar-refractivity contribution is -0.135. The first-order valence-electron chi connectivity index (χ1n) is 5.24. The number of carbonyl (C=O) groups is 1. The average Bonchev–Trinajstić information content (AvgIpc) is 2.83. The molecule has 0 fully saturated rings. The Labute approximate surface area is 98.6 Å². The van der Waals surface area contributed by atoms with Crippen LogP contribution < -0.4 is 0 Å².